The lowest BCUT2D eigenvalue weighted by atomic mass is 10.2. The molecule has 19 heavy (non-hydrogen) atoms. The number of aromatic nitrogens is 1. The summed E-state index contributed by atoms with van der Waals surface area (Å²) in [4.78, 5) is 16.5. The Balaban J connectivity index is 1.94. The number of nitrogens with two attached hydrogens (primary N) is 1. The van der Waals surface area contributed by atoms with Gasteiger partial charge in [0.25, 0.3) is 5.91 Å². The van der Waals surface area contributed by atoms with Crippen LogP contribution in [0.3, 0.4) is 0 Å². The van der Waals surface area contributed by atoms with E-state index in [2.05, 4.69) is 10.4 Å². The number of nitrogen functional groups attached to an aromatic ring is 1. The van der Waals surface area contributed by atoms with Gasteiger partial charge in [0, 0.05) is 16.0 Å². The molecular weight excluding hydrogens is 282 g/mol. The van der Waals surface area contributed by atoms with Crippen molar-refractivity contribution in [1.29, 1.82) is 0 Å². The quantitative estimate of drug-likeness (QED) is 0.337. The van der Waals surface area contributed by atoms with E-state index in [9.17, 15) is 4.79 Å². The van der Waals surface area contributed by atoms with Crippen LogP contribution in [-0.4, -0.2) is 16.0 Å². The third-order valence-electron chi connectivity index (χ3n) is 2.37. The van der Waals surface area contributed by atoms with E-state index in [1.165, 1.54) is 11.3 Å². The molecule has 0 unspecified atom stereocenters. The number of aliphatic hydroxyl groups excluding tert-OH is 1. The number of thiazole rings is 1. The summed E-state index contributed by atoms with van der Waals surface area (Å²) in [5, 5.41) is 11.2. The summed E-state index contributed by atoms with van der Waals surface area (Å²) in [7, 11) is 0. The van der Waals surface area contributed by atoms with Crippen LogP contribution in [0.15, 0.2) is 34.5 Å². The molecule has 0 radical (unpaired) electrons. The minimum atomic E-state index is -0.367. The van der Waals surface area contributed by atoms with Crippen LogP contribution < -0.4 is 11.3 Å². The molecule has 0 aliphatic heterocycles. The van der Waals surface area contributed by atoms with Crippen LogP contribution >= 0.6 is 23.1 Å². The maximum Gasteiger partial charge on any atom is 0.294 e. The molecule has 0 aliphatic carbocycles. The number of hydrazine groups is 1. The molecular formula is C12H13N3O2S2. The third kappa shape index (κ3) is 3.77. The zero-order valence-electron chi connectivity index (χ0n) is 10.00. The zero-order valence-corrected chi connectivity index (χ0v) is 11.6. The predicted molar refractivity (Wildman–Crippen MR) is 75.7 cm³/mol. The second-order valence-corrected chi connectivity index (χ2v) is 5.62. The Kier molecular flexibility index (Phi) is 4.92. The van der Waals surface area contributed by atoms with E-state index in [4.69, 9.17) is 10.9 Å². The van der Waals surface area contributed by atoms with E-state index in [1.54, 1.807) is 11.8 Å². The van der Waals surface area contributed by atoms with E-state index in [1.807, 2.05) is 29.6 Å². The Labute approximate surface area is 118 Å². The Bertz CT molecular complexity index is 554. The van der Waals surface area contributed by atoms with Gasteiger partial charge in [-0.1, -0.05) is 12.1 Å². The second kappa shape index (κ2) is 6.67. The molecule has 7 heteroatoms. The molecule has 0 saturated carbocycles. The van der Waals surface area contributed by atoms with Gasteiger partial charge in [-0.3, -0.25) is 10.2 Å². The van der Waals surface area contributed by atoms with Gasteiger partial charge in [0.15, 0.2) is 5.01 Å². The number of benzene rings is 1. The van der Waals surface area contributed by atoms with Gasteiger partial charge >= 0.3 is 0 Å². The van der Waals surface area contributed by atoms with E-state index in [-0.39, 0.29) is 12.5 Å². The molecule has 1 heterocycles. The second-order valence-electron chi connectivity index (χ2n) is 3.71. The van der Waals surface area contributed by atoms with Crippen LogP contribution in [0.25, 0.3) is 0 Å². The average Bonchev–Trinajstić information content (AvgIpc) is 2.93. The molecule has 0 saturated heterocycles. The smallest absolute Gasteiger partial charge is 0.294 e. The molecule has 2 rings (SSSR count). The maximum atomic E-state index is 11.3. The first kappa shape index (κ1) is 14.0. The Hall–Kier alpha value is -1.41. The summed E-state index contributed by atoms with van der Waals surface area (Å²) in [6.45, 7) is 0.0502. The summed E-state index contributed by atoms with van der Waals surface area (Å²) in [6.07, 6.45) is 0. The van der Waals surface area contributed by atoms with Gasteiger partial charge in [0.05, 0.1) is 12.3 Å². The highest BCUT2D eigenvalue weighted by Gasteiger charge is 2.09. The highest BCUT2D eigenvalue weighted by molar-refractivity contribution is 7.98. The Morgan fingerprint density at radius 3 is 2.79 bits per heavy atom. The Morgan fingerprint density at radius 2 is 2.16 bits per heavy atom. The predicted octanol–water partition coefficient (Wildman–Crippen LogP) is 1.53. The fourth-order valence-electron chi connectivity index (χ4n) is 1.39. The number of aliphatic hydroxyl groups is 1. The monoisotopic (exact) mass is 295 g/mol. The number of hydrogen-bond acceptors (Lipinski definition) is 6. The summed E-state index contributed by atoms with van der Waals surface area (Å²) in [6, 6.07) is 7.68. The maximum absolute atomic E-state index is 11.3. The van der Waals surface area contributed by atoms with Crippen molar-refractivity contribution in [1.82, 2.24) is 10.4 Å². The number of amides is 1. The number of carbonyl (C=O) groups is 1. The van der Waals surface area contributed by atoms with Crippen LogP contribution in [0.5, 0.6) is 0 Å². The van der Waals surface area contributed by atoms with Gasteiger partial charge in [-0.2, -0.15) is 0 Å². The van der Waals surface area contributed by atoms with E-state index in [0.29, 0.717) is 10.8 Å². The molecule has 0 fully saturated rings. The fourth-order valence-corrected chi connectivity index (χ4v) is 3.00. The van der Waals surface area contributed by atoms with Gasteiger partial charge < -0.3 is 5.11 Å². The van der Waals surface area contributed by atoms with Gasteiger partial charge in [-0.05, 0) is 17.7 Å². The number of nitrogens with one attached hydrogen (secondary N) is 1. The molecule has 5 nitrogen and oxygen atoms in total. The highest BCUT2D eigenvalue weighted by Crippen LogP contribution is 2.24. The molecule has 1 aromatic heterocycles. The van der Waals surface area contributed by atoms with Gasteiger partial charge in [0.1, 0.15) is 0 Å². The minimum Gasteiger partial charge on any atom is -0.392 e. The Morgan fingerprint density at radius 1 is 1.42 bits per heavy atom. The molecule has 0 spiro atoms. The fraction of sp³-hybridized carbons (Fsp3) is 0.167. The number of carbonyl (C=O) groups excluding carboxylic acids is 1. The van der Waals surface area contributed by atoms with Gasteiger partial charge in [-0.25, -0.2) is 10.8 Å². The number of thioether (sulfide) groups is 1. The van der Waals surface area contributed by atoms with Crippen LogP contribution in [-0.2, 0) is 12.4 Å². The summed E-state index contributed by atoms with van der Waals surface area (Å²) in [5.74, 6) is 5.37. The molecule has 0 aliphatic rings. The first-order chi connectivity index (χ1) is 9.22. The molecule has 100 valence electrons. The summed E-state index contributed by atoms with van der Waals surface area (Å²) < 4.78 is 0. The van der Waals surface area contributed by atoms with Crippen molar-refractivity contribution in [3.05, 3.63) is 45.9 Å². The van der Waals surface area contributed by atoms with Gasteiger partial charge in [0.2, 0.25) is 0 Å². The SMILES string of the molecule is NNC(=O)c1nc(CSc2ccc(CO)cc2)cs1. The van der Waals surface area contributed by atoms with Crippen molar-refractivity contribution in [3.63, 3.8) is 0 Å². The number of nitrogens with zero attached hydrogens (tertiary/aromatic N) is 1. The van der Waals surface area contributed by atoms with E-state index < -0.39 is 0 Å². The van der Waals surface area contributed by atoms with Crippen LogP contribution in [0.1, 0.15) is 21.1 Å². The normalized spacial score (nSPS) is 10.4. The number of rotatable bonds is 5. The van der Waals surface area contributed by atoms with Crippen molar-refractivity contribution >= 4 is 29.0 Å². The summed E-state index contributed by atoms with van der Waals surface area (Å²) in [5.41, 5.74) is 3.80. The number of hydrogen-bond donors (Lipinski definition) is 3. The minimum absolute atomic E-state index is 0.0502. The van der Waals surface area contributed by atoms with Gasteiger partial charge in [-0.15, -0.1) is 23.1 Å². The van der Waals surface area contributed by atoms with Crippen molar-refractivity contribution < 1.29 is 9.90 Å². The summed E-state index contributed by atoms with van der Waals surface area (Å²) >= 11 is 2.90. The van der Waals surface area contributed by atoms with Crippen molar-refractivity contribution in [2.75, 3.05) is 0 Å². The van der Waals surface area contributed by atoms with Crippen LogP contribution in [0.2, 0.25) is 0 Å². The molecule has 2 aromatic rings. The molecule has 1 amide bonds. The lowest BCUT2D eigenvalue weighted by molar-refractivity contribution is 0.0953. The van der Waals surface area contributed by atoms with Crippen molar-refractivity contribution in [2.45, 2.75) is 17.3 Å². The third-order valence-corrected chi connectivity index (χ3v) is 4.31. The van der Waals surface area contributed by atoms with E-state index in [0.717, 1.165) is 16.2 Å². The highest BCUT2D eigenvalue weighted by atomic mass is 32.2. The topological polar surface area (TPSA) is 88.2 Å². The molecule has 0 bridgehead atoms. The van der Waals surface area contributed by atoms with E-state index >= 15 is 0 Å². The first-order valence-electron chi connectivity index (χ1n) is 5.51. The standard InChI is InChI=1S/C12H13N3O2S2/c13-15-11(17)12-14-9(7-19-12)6-18-10-3-1-8(5-16)2-4-10/h1-4,7,16H,5-6,13H2,(H,15,17). The average molecular weight is 295 g/mol. The lowest BCUT2D eigenvalue weighted by Crippen LogP contribution is -2.29. The molecule has 4 N–H and O–H groups in total. The van der Waals surface area contributed by atoms with Crippen LogP contribution in [0.4, 0.5) is 0 Å². The first-order valence-corrected chi connectivity index (χ1v) is 7.37. The van der Waals surface area contributed by atoms with Crippen LogP contribution in [0, 0.1) is 0 Å². The lowest BCUT2D eigenvalue weighted by Gasteiger charge is -2.01. The largest absolute Gasteiger partial charge is 0.392 e. The molecule has 0 atom stereocenters. The van der Waals surface area contributed by atoms with Crippen molar-refractivity contribution in [3.8, 4) is 0 Å². The zero-order chi connectivity index (χ0) is 13.7. The molecule has 1 aromatic carbocycles. The van der Waals surface area contributed by atoms with Crippen molar-refractivity contribution in [2.24, 2.45) is 5.84 Å².